The fraction of sp³-hybridized carbons (Fsp3) is 0.417. The van der Waals surface area contributed by atoms with E-state index in [0.29, 0.717) is 31.3 Å². The van der Waals surface area contributed by atoms with Gasteiger partial charge in [-0.3, -0.25) is 29.1 Å². The molecule has 1 aliphatic rings. The number of carbonyl (C=O) groups excluding carboxylic acids is 4. The van der Waals surface area contributed by atoms with Crippen LogP contribution in [0.15, 0.2) is 24.8 Å². The number of esters is 3. The van der Waals surface area contributed by atoms with Crippen LogP contribution in [0.3, 0.4) is 0 Å². The Kier molecular flexibility index (Phi) is 8.93. The smallest absolute Gasteiger partial charge is 0.303 e. The van der Waals surface area contributed by atoms with E-state index in [9.17, 15) is 19.2 Å². The SMILES string of the molecule is CC(=O)OCC1O[C@H](Nc2ncc(C(=O)c3sc(-c4cnccn4)nc3C)s2)C[C@@H](OC(C)=O)C1OC(C)=O. The van der Waals surface area contributed by atoms with Gasteiger partial charge in [-0.05, 0) is 6.92 Å². The molecule has 4 atom stereocenters. The van der Waals surface area contributed by atoms with E-state index in [4.69, 9.17) is 18.9 Å². The zero-order valence-electron chi connectivity index (χ0n) is 21.4. The fourth-order valence-corrected chi connectivity index (χ4v) is 5.70. The number of rotatable bonds is 9. The predicted molar refractivity (Wildman–Crippen MR) is 138 cm³/mol. The van der Waals surface area contributed by atoms with Crippen LogP contribution in [-0.2, 0) is 33.3 Å². The highest BCUT2D eigenvalue weighted by molar-refractivity contribution is 7.20. The first kappa shape index (κ1) is 28.2. The van der Waals surface area contributed by atoms with E-state index in [-0.39, 0.29) is 18.8 Å². The molecule has 206 valence electrons. The van der Waals surface area contributed by atoms with Gasteiger partial charge in [-0.1, -0.05) is 11.3 Å². The summed E-state index contributed by atoms with van der Waals surface area (Å²) in [5, 5.41) is 4.04. The maximum Gasteiger partial charge on any atom is 0.303 e. The first-order valence-electron chi connectivity index (χ1n) is 11.7. The molecule has 0 aromatic carbocycles. The molecule has 0 aliphatic carbocycles. The lowest BCUT2D eigenvalue weighted by Crippen LogP contribution is -2.55. The summed E-state index contributed by atoms with van der Waals surface area (Å²) >= 11 is 2.33. The molecule has 3 aromatic heterocycles. The van der Waals surface area contributed by atoms with Gasteiger partial charge in [-0.15, -0.1) is 11.3 Å². The highest BCUT2D eigenvalue weighted by Gasteiger charge is 2.44. The number of hydrogen-bond donors (Lipinski definition) is 1. The van der Waals surface area contributed by atoms with Crippen LogP contribution in [0.2, 0.25) is 0 Å². The number of aromatic nitrogens is 4. The molecule has 1 aliphatic heterocycles. The molecular formula is C24H25N5O8S2. The van der Waals surface area contributed by atoms with Crippen molar-refractivity contribution in [2.24, 2.45) is 0 Å². The fourth-order valence-electron chi connectivity index (χ4n) is 3.85. The summed E-state index contributed by atoms with van der Waals surface area (Å²) in [6.45, 7) is 5.20. The lowest BCUT2D eigenvalue weighted by molar-refractivity contribution is -0.211. The molecule has 1 saturated heterocycles. The van der Waals surface area contributed by atoms with Gasteiger partial charge in [-0.25, -0.2) is 9.97 Å². The summed E-state index contributed by atoms with van der Waals surface area (Å²) < 4.78 is 21.8. The summed E-state index contributed by atoms with van der Waals surface area (Å²) in [7, 11) is 0. The molecule has 15 heteroatoms. The Morgan fingerprint density at radius 2 is 1.79 bits per heavy atom. The van der Waals surface area contributed by atoms with Crippen molar-refractivity contribution < 1.29 is 38.1 Å². The van der Waals surface area contributed by atoms with E-state index in [1.165, 1.54) is 38.3 Å². The number of thiazole rings is 2. The number of ketones is 1. The van der Waals surface area contributed by atoms with Crippen molar-refractivity contribution >= 4 is 51.5 Å². The molecule has 0 radical (unpaired) electrons. The molecule has 0 spiro atoms. The molecule has 0 bridgehead atoms. The standard InChI is InChI=1S/C24H25N5O8S2/c1-11-22(39-23(28-11)15-8-25-5-6-26-15)20(33)18-9-27-24(38-18)29-19-7-16(35-13(3)31)21(36-14(4)32)17(37-19)10-34-12(2)30/h5-6,8-9,16-17,19,21H,7,10H2,1-4H3,(H,27,29)/t16-,17?,19+,21?/m1/s1. The first-order chi connectivity index (χ1) is 18.6. The number of nitrogens with zero attached hydrogens (tertiary/aromatic N) is 4. The van der Waals surface area contributed by atoms with E-state index in [0.717, 1.165) is 11.3 Å². The first-order valence-corrected chi connectivity index (χ1v) is 13.4. The van der Waals surface area contributed by atoms with Crippen LogP contribution in [0.1, 0.15) is 47.4 Å². The second-order valence-corrected chi connectivity index (χ2v) is 10.5. The monoisotopic (exact) mass is 575 g/mol. The summed E-state index contributed by atoms with van der Waals surface area (Å²) in [5.41, 5.74) is 1.14. The zero-order valence-corrected chi connectivity index (χ0v) is 23.0. The molecule has 1 N–H and O–H groups in total. The predicted octanol–water partition coefficient (Wildman–Crippen LogP) is 2.55. The molecule has 0 amide bonds. The maximum absolute atomic E-state index is 13.2. The van der Waals surface area contributed by atoms with Crippen LogP contribution in [0, 0.1) is 6.92 Å². The molecule has 1 fully saturated rings. The van der Waals surface area contributed by atoms with Gasteiger partial charge in [0.05, 0.1) is 27.8 Å². The van der Waals surface area contributed by atoms with Crippen LogP contribution in [-0.4, -0.2) is 74.8 Å². The molecule has 4 heterocycles. The largest absolute Gasteiger partial charge is 0.463 e. The normalized spacial score (nSPS) is 20.6. The molecule has 2 unspecified atom stereocenters. The topological polar surface area (TPSA) is 169 Å². The molecule has 0 saturated carbocycles. The number of hydrogen-bond acceptors (Lipinski definition) is 15. The molecular weight excluding hydrogens is 550 g/mol. The maximum atomic E-state index is 13.2. The van der Waals surface area contributed by atoms with Gasteiger partial charge in [0.25, 0.3) is 0 Å². The average molecular weight is 576 g/mol. The number of aryl methyl sites for hydroxylation is 1. The number of nitrogens with one attached hydrogen (secondary N) is 1. The lowest BCUT2D eigenvalue weighted by Gasteiger charge is -2.40. The van der Waals surface area contributed by atoms with E-state index >= 15 is 0 Å². The van der Waals surface area contributed by atoms with Crippen LogP contribution in [0.5, 0.6) is 0 Å². The minimum Gasteiger partial charge on any atom is -0.463 e. The van der Waals surface area contributed by atoms with Crippen molar-refractivity contribution in [1.82, 2.24) is 19.9 Å². The van der Waals surface area contributed by atoms with Gasteiger partial charge in [0.1, 0.15) is 35.7 Å². The highest BCUT2D eigenvalue weighted by atomic mass is 32.1. The second kappa shape index (κ2) is 12.4. The summed E-state index contributed by atoms with van der Waals surface area (Å²) in [6.07, 6.45) is 2.69. The van der Waals surface area contributed by atoms with Crippen molar-refractivity contribution in [3.05, 3.63) is 40.2 Å². The van der Waals surface area contributed by atoms with E-state index in [1.807, 2.05) is 0 Å². The van der Waals surface area contributed by atoms with E-state index < -0.39 is 42.4 Å². The third kappa shape index (κ3) is 7.19. The lowest BCUT2D eigenvalue weighted by atomic mass is 10.0. The van der Waals surface area contributed by atoms with Crippen molar-refractivity contribution in [3.63, 3.8) is 0 Å². The number of anilines is 1. The Morgan fingerprint density at radius 3 is 2.46 bits per heavy atom. The van der Waals surface area contributed by atoms with Gasteiger partial charge in [0.15, 0.2) is 11.2 Å². The van der Waals surface area contributed by atoms with Crippen LogP contribution in [0.4, 0.5) is 5.13 Å². The second-order valence-electron chi connectivity index (χ2n) is 8.45. The Morgan fingerprint density at radius 1 is 1.03 bits per heavy atom. The number of carbonyl (C=O) groups is 4. The van der Waals surface area contributed by atoms with Crippen LogP contribution in [0.25, 0.3) is 10.7 Å². The van der Waals surface area contributed by atoms with Gasteiger partial charge in [0, 0.05) is 39.6 Å². The summed E-state index contributed by atoms with van der Waals surface area (Å²) in [5.74, 6) is -1.98. The summed E-state index contributed by atoms with van der Waals surface area (Å²) in [6, 6.07) is 0. The van der Waals surface area contributed by atoms with Crippen molar-refractivity contribution in [1.29, 1.82) is 0 Å². The Hall–Kier alpha value is -3.82. The van der Waals surface area contributed by atoms with E-state index in [1.54, 1.807) is 25.5 Å². The Balaban J connectivity index is 1.50. The van der Waals surface area contributed by atoms with Gasteiger partial charge in [-0.2, -0.15) is 0 Å². The molecule has 4 rings (SSSR count). The minimum atomic E-state index is -0.991. The van der Waals surface area contributed by atoms with Crippen LogP contribution >= 0.6 is 22.7 Å². The Labute approximate surface area is 230 Å². The molecule has 13 nitrogen and oxygen atoms in total. The Bertz CT molecular complexity index is 1360. The highest BCUT2D eigenvalue weighted by Crippen LogP contribution is 2.32. The average Bonchev–Trinajstić information content (AvgIpc) is 3.50. The quantitative estimate of drug-likeness (QED) is 0.225. The van der Waals surface area contributed by atoms with Gasteiger partial charge >= 0.3 is 17.9 Å². The summed E-state index contributed by atoms with van der Waals surface area (Å²) in [4.78, 5) is 65.9. The third-order valence-electron chi connectivity index (χ3n) is 5.39. The third-order valence-corrected chi connectivity index (χ3v) is 7.49. The zero-order chi connectivity index (χ0) is 28.1. The minimum absolute atomic E-state index is 0.104. The van der Waals surface area contributed by atoms with Gasteiger partial charge in [0.2, 0.25) is 5.78 Å². The molecule has 3 aromatic rings. The van der Waals surface area contributed by atoms with Crippen molar-refractivity contribution in [2.45, 2.75) is 58.7 Å². The van der Waals surface area contributed by atoms with Crippen LogP contribution < -0.4 is 5.32 Å². The van der Waals surface area contributed by atoms with E-state index in [2.05, 4.69) is 25.3 Å². The van der Waals surface area contributed by atoms with Gasteiger partial charge < -0.3 is 24.3 Å². The van der Waals surface area contributed by atoms with Crippen molar-refractivity contribution in [2.75, 3.05) is 11.9 Å². The molecule has 39 heavy (non-hydrogen) atoms. The van der Waals surface area contributed by atoms with Crippen molar-refractivity contribution in [3.8, 4) is 10.7 Å². The number of ether oxygens (including phenoxy) is 4.